The van der Waals surface area contributed by atoms with Crippen molar-refractivity contribution in [1.29, 1.82) is 0 Å². The summed E-state index contributed by atoms with van der Waals surface area (Å²) in [6.07, 6.45) is 6.44. The molecule has 2 aromatic rings. The molecular formula is C14H15N3S. The lowest BCUT2D eigenvalue weighted by atomic mass is 10.3. The zero-order valence-corrected chi connectivity index (χ0v) is 10.9. The fourth-order valence-electron chi connectivity index (χ4n) is 1.63. The van der Waals surface area contributed by atoms with E-state index in [0.29, 0.717) is 0 Å². The van der Waals surface area contributed by atoms with Crippen LogP contribution in [0.4, 0.5) is 0 Å². The van der Waals surface area contributed by atoms with Crippen molar-refractivity contribution in [2.75, 3.05) is 0 Å². The van der Waals surface area contributed by atoms with Gasteiger partial charge in [0.1, 0.15) is 0 Å². The van der Waals surface area contributed by atoms with Crippen LogP contribution in [0.15, 0.2) is 52.8 Å². The minimum absolute atomic E-state index is 0.725. The summed E-state index contributed by atoms with van der Waals surface area (Å²) >= 11 is 1.59. The molecule has 1 aromatic carbocycles. The molecule has 0 saturated heterocycles. The number of nitrogens with one attached hydrogen (secondary N) is 1. The van der Waals surface area contributed by atoms with Crippen LogP contribution < -0.4 is 5.32 Å². The summed E-state index contributed by atoms with van der Waals surface area (Å²) in [5.74, 6) is 0. The topological polar surface area (TPSA) is 37.8 Å². The maximum atomic E-state index is 4.38. The maximum absolute atomic E-state index is 4.38. The second kappa shape index (κ2) is 5.50. The molecule has 0 amide bonds. The van der Waals surface area contributed by atoms with Crippen molar-refractivity contribution in [3.05, 3.63) is 48.3 Å². The van der Waals surface area contributed by atoms with Crippen molar-refractivity contribution in [2.24, 2.45) is 0 Å². The number of aromatic nitrogens is 2. The van der Waals surface area contributed by atoms with Gasteiger partial charge in [0.05, 0.1) is 0 Å². The second-order valence-electron chi connectivity index (χ2n) is 4.44. The van der Waals surface area contributed by atoms with Crippen LogP contribution >= 0.6 is 11.8 Å². The van der Waals surface area contributed by atoms with Gasteiger partial charge in [0.15, 0.2) is 5.16 Å². The normalized spacial score (nSPS) is 14.7. The Kier molecular flexibility index (Phi) is 3.57. The molecule has 1 saturated carbocycles. The van der Waals surface area contributed by atoms with Crippen LogP contribution in [0.25, 0.3) is 0 Å². The van der Waals surface area contributed by atoms with Gasteiger partial charge in [-0.1, -0.05) is 18.2 Å². The summed E-state index contributed by atoms with van der Waals surface area (Å²) in [4.78, 5) is 9.94. The van der Waals surface area contributed by atoms with Crippen molar-refractivity contribution in [3.8, 4) is 0 Å². The van der Waals surface area contributed by atoms with E-state index >= 15 is 0 Å². The van der Waals surface area contributed by atoms with Gasteiger partial charge in [0.2, 0.25) is 0 Å². The number of hydrogen-bond donors (Lipinski definition) is 1. The molecule has 4 heteroatoms. The fraction of sp³-hybridized carbons (Fsp3) is 0.286. The third kappa shape index (κ3) is 3.31. The fourth-order valence-corrected chi connectivity index (χ4v) is 2.35. The van der Waals surface area contributed by atoms with Gasteiger partial charge >= 0.3 is 0 Å². The smallest absolute Gasteiger partial charge is 0.192 e. The molecule has 1 aliphatic rings. The van der Waals surface area contributed by atoms with Crippen LogP contribution in [0.1, 0.15) is 18.4 Å². The Balaban J connectivity index is 1.59. The number of hydrogen-bond acceptors (Lipinski definition) is 4. The van der Waals surface area contributed by atoms with Gasteiger partial charge in [0.25, 0.3) is 0 Å². The Morgan fingerprint density at radius 2 is 1.83 bits per heavy atom. The van der Waals surface area contributed by atoms with E-state index in [0.717, 1.165) is 23.3 Å². The summed E-state index contributed by atoms with van der Waals surface area (Å²) in [7, 11) is 0. The average molecular weight is 257 g/mol. The number of rotatable bonds is 5. The first-order chi connectivity index (χ1) is 8.90. The molecule has 0 radical (unpaired) electrons. The van der Waals surface area contributed by atoms with Crippen LogP contribution in [0, 0.1) is 0 Å². The quantitative estimate of drug-likeness (QED) is 0.836. The molecule has 1 aromatic heterocycles. The van der Waals surface area contributed by atoms with Gasteiger partial charge in [-0.2, -0.15) is 0 Å². The highest BCUT2D eigenvalue weighted by Gasteiger charge is 2.19. The highest BCUT2D eigenvalue weighted by molar-refractivity contribution is 7.99. The Morgan fingerprint density at radius 1 is 1.11 bits per heavy atom. The van der Waals surface area contributed by atoms with Gasteiger partial charge in [0, 0.05) is 35.4 Å². The molecule has 0 spiro atoms. The predicted molar refractivity (Wildman–Crippen MR) is 72.5 cm³/mol. The number of nitrogens with zero attached hydrogens (tertiary/aromatic N) is 2. The lowest BCUT2D eigenvalue weighted by Gasteiger charge is -2.03. The lowest BCUT2D eigenvalue weighted by molar-refractivity contribution is 0.680. The molecule has 18 heavy (non-hydrogen) atoms. The predicted octanol–water partition coefficient (Wildman–Crippen LogP) is 2.88. The van der Waals surface area contributed by atoms with E-state index in [4.69, 9.17) is 0 Å². The number of benzene rings is 1. The van der Waals surface area contributed by atoms with Crippen molar-refractivity contribution in [3.63, 3.8) is 0 Å². The first-order valence-corrected chi connectivity index (χ1v) is 6.99. The molecule has 1 aliphatic carbocycles. The Hall–Kier alpha value is -1.39. The molecule has 1 N–H and O–H groups in total. The molecule has 1 fully saturated rings. The average Bonchev–Trinajstić information content (AvgIpc) is 3.23. The van der Waals surface area contributed by atoms with Crippen molar-refractivity contribution in [1.82, 2.24) is 15.3 Å². The zero-order valence-electron chi connectivity index (χ0n) is 10.0. The molecule has 3 nitrogen and oxygen atoms in total. The molecule has 0 aliphatic heterocycles. The standard InChI is InChI=1S/C14H15N3S/c1-2-4-13(5-3-1)18-14-16-9-11(10-17-14)8-15-12-6-7-12/h1-5,9-10,12,15H,6-8H2. The zero-order chi connectivity index (χ0) is 12.2. The summed E-state index contributed by atoms with van der Waals surface area (Å²) in [6.45, 7) is 0.876. The van der Waals surface area contributed by atoms with Crippen LogP contribution in [0.5, 0.6) is 0 Å². The van der Waals surface area contributed by atoms with Gasteiger partial charge in [-0.3, -0.25) is 0 Å². The molecule has 0 bridgehead atoms. The van der Waals surface area contributed by atoms with Gasteiger partial charge < -0.3 is 5.32 Å². The summed E-state index contributed by atoms with van der Waals surface area (Å²) in [5.41, 5.74) is 1.15. The molecule has 0 unspecified atom stereocenters. The minimum Gasteiger partial charge on any atom is -0.310 e. The highest BCUT2D eigenvalue weighted by atomic mass is 32.2. The van der Waals surface area contributed by atoms with Crippen molar-refractivity contribution >= 4 is 11.8 Å². The van der Waals surface area contributed by atoms with E-state index in [1.165, 1.54) is 17.7 Å². The molecule has 92 valence electrons. The summed E-state index contributed by atoms with van der Waals surface area (Å²) < 4.78 is 0. The Labute approximate surface area is 111 Å². The molecular weight excluding hydrogens is 242 g/mol. The van der Waals surface area contributed by atoms with Crippen LogP contribution in [-0.2, 0) is 6.54 Å². The third-order valence-electron chi connectivity index (χ3n) is 2.81. The first kappa shape index (κ1) is 11.7. The van der Waals surface area contributed by atoms with E-state index in [1.54, 1.807) is 11.8 Å². The SMILES string of the molecule is c1ccc(Sc2ncc(CNC3CC3)cn2)cc1. The van der Waals surface area contributed by atoms with Crippen molar-refractivity contribution < 1.29 is 0 Å². The molecule has 0 atom stereocenters. The van der Waals surface area contributed by atoms with Crippen LogP contribution in [0.2, 0.25) is 0 Å². The monoisotopic (exact) mass is 257 g/mol. The van der Waals surface area contributed by atoms with Gasteiger partial charge in [-0.25, -0.2) is 9.97 Å². The first-order valence-electron chi connectivity index (χ1n) is 6.17. The Morgan fingerprint density at radius 3 is 2.50 bits per heavy atom. The van der Waals surface area contributed by atoms with E-state index in [-0.39, 0.29) is 0 Å². The van der Waals surface area contributed by atoms with E-state index < -0.39 is 0 Å². The highest BCUT2D eigenvalue weighted by Crippen LogP contribution is 2.23. The Bertz CT molecular complexity index is 494. The minimum atomic E-state index is 0.725. The van der Waals surface area contributed by atoms with Crippen LogP contribution in [-0.4, -0.2) is 16.0 Å². The summed E-state index contributed by atoms with van der Waals surface area (Å²) in [5, 5.41) is 4.26. The van der Waals surface area contributed by atoms with E-state index in [2.05, 4.69) is 27.4 Å². The molecule has 3 rings (SSSR count). The van der Waals surface area contributed by atoms with Gasteiger partial charge in [-0.15, -0.1) is 0 Å². The van der Waals surface area contributed by atoms with Crippen LogP contribution in [0.3, 0.4) is 0 Å². The largest absolute Gasteiger partial charge is 0.310 e. The third-order valence-corrected chi connectivity index (χ3v) is 3.71. The van der Waals surface area contributed by atoms with E-state index in [9.17, 15) is 0 Å². The van der Waals surface area contributed by atoms with E-state index in [1.807, 2.05) is 30.6 Å². The summed E-state index contributed by atoms with van der Waals surface area (Å²) in [6, 6.07) is 10.9. The van der Waals surface area contributed by atoms with Crippen molar-refractivity contribution in [2.45, 2.75) is 35.5 Å². The van der Waals surface area contributed by atoms with Gasteiger partial charge in [-0.05, 0) is 36.7 Å². The maximum Gasteiger partial charge on any atom is 0.192 e. The lowest BCUT2D eigenvalue weighted by Crippen LogP contribution is -2.15. The second-order valence-corrected chi connectivity index (χ2v) is 5.48. The molecule has 1 heterocycles.